The van der Waals surface area contributed by atoms with Crippen LogP contribution in [-0.2, 0) is 14.3 Å². The van der Waals surface area contributed by atoms with Crippen molar-refractivity contribution in [3.05, 3.63) is 0 Å². The summed E-state index contributed by atoms with van der Waals surface area (Å²) in [7, 11) is 1.59. The SMILES string of the molecule is COCCNC(C(=O)O)C1CCOC1. The molecule has 82 valence electrons. The minimum absolute atomic E-state index is 0.0874. The Morgan fingerprint density at radius 2 is 2.57 bits per heavy atom. The smallest absolute Gasteiger partial charge is 0.321 e. The molecule has 0 radical (unpaired) electrons. The van der Waals surface area contributed by atoms with Crippen molar-refractivity contribution in [1.82, 2.24) is 5.32 Å². The molecule has 1 rings (SSSR count). The molecular formula is C9H17NO4. The average molecular weight is 203 g/mol. The van der Waals surface area contributed by atoms with E-state index in [4.69, 9.17) is 14.6 Å². The molecule has 0 bridgehead atoms. The van der Waals surface area contributed by atoms with Crippen LogP contribution in [0.25, 0.3) is 0 Å². The Bertz CT molecular complexity index is 180. The van der Waals surface area contributed by atoms with E-state index in [9.17, 15) is 4.79 Å². The quantitative estimate of drug-likeness (QED) is 0.581. The zero-order chi connectivity index (χ0) is 10.4. The van der Waals surface area contributed by atoms with Gasteiger partial charge in [0.1, 0.15) is 6.04 Å². The lowest BCUT2D eigenvalue weighted by molar-refractivity contribution is -0.141. The number of carboxylic acids is 1. The summed E-state index contributed by atoms with van der Waals surface area (Å²) < 4.78 is 10.0. The molecule has 0 aromatic carbocycles. The number of carbonyl (C=O) groups is 1. The van der Waals surface area contributed by atoms with Crippen LogP contribution in [0.5, 0.6) is 0 Å². The van der Waals surface area contributed by atoms with Crippen LogP contribution >= 0.6 is 0 Å². The average Bonchev–Trinajstić information content (AvgIpc) is 2.64. The van der Waals surface area contributed by atoms with Gasteiger partial charge in [-0.1, -0.05) is 0 Å². The van der Waals surface area contributed by atoms with Crippen LogP contribution in [0, 0.1) is 5.92 Å². The standard InChI is InChI=1S/C9H17NO4/c1-13-5-3-10-8(9(11)12)7-2-4-14-6-7/h7-8,10H,2-6H2,1H3,(H,11,12). The molecular weight excluding hydrogens is 186 g/mol. The molecule has 0 spiro atoms. The van der Waals surface area contributed by atoms with Crippen LogP contribution in [0.1, 0.15) is 6.42 Å². The van der Waals surface area contributed by atoms with Crippen LogP contribution in [0.15, 0.2) is 0 Å². The highest BCUT2D eigenvalue weighted by molar-refractivity contribution is 5.73. The molecule has 0 amide bonds. The normalized spacial score (nSPS) is 23.6. The molecule has 2 unspecified atom stereocenters. The first kappa shape index (κ1) is 11.4. The van der Waals surface area contributed by atoms with E-state index in [2.05, 4.69) is 5.32 Å². The maximum atomic E-state index is 10.9. The molecule has 5 nitrogen and oxygen atoms in total. The van der Waals surface area contributed by atoms with E-state index in [1.54, 1.807) is 7.11 Å². The lowest BCUT2D eigenvalue weighted by Gasteiger charge is -2.19. The number of rotatable bonds is 6. The van der Waals surface area contributed by atoms with Gasteiger partial charge in [0.2, 0.25) is 0 Å². The summed E-state index contributed by atoms with van der Waals surface area (Å²) >= 11 is 0. The van der Waals surface area contributed by atoms with E-state index >= 15 is 0 Å². The third-order valence-electron chi connectivity index (χ3n) is 2.37. The van der Waals surface area contributed by atoms with Gasteiger partial charge < -0.3 is 19.9 Å². The molecule has 1 aliphatic heterocycles. The fourth-order valence-corrected chi connectivity index (χ4v) is 1.59. The van der Waals surface area contributed by atoms with Crippen molar-refractivity contribution in [1.29, 1.82) is 0 Å². The zero-order valence-electron chi connectivity index (χ0n) is 8.36. The molecule has 2 atom stereocenters. The predicted octanol–water partition coefficient (Wildman–Crippen LogP) is -0.288. The molecule has 1 aliphatic rings. The van der Waals surface area contributed by atoms with Crippen molar-refractivity contribution < 1.29 is 19.4 Å². The molecule has 1 fully saturated rings. The molecule has 2 N–H and O–H groups in total. The van der Waals surface area contributed by atoms with Crippen molar-refractivity contribution in [2.24, 2.45) is 5.92 Å². The number of hydrogen-bond acceptors (Lipinski definition) is 4. The van der Waals surface area contributed by atoms with Crippen molar-refractivity contribution in [3.8, 4) is 0 Å². The van der Waals surface area contributed by atoms with Crippen LogP contribution < -0.4 is 5.32 Å². The highest BCUT2D eigenvalue weighted by Crippen LogP contribution is 2.16. The van der Waals surface area contributed by atoms with Gasteiger partial charge in [-0.2, -0.15) is 0 Å². The summed E-state index contributed by atoms with van der Waals surface area (Å²) in [6, 6.07) is -0.507. The second-order valence-corrected chi connectivity index (χ2v) is 3.39. The number of aliphatic carboxylic acids is 1. The van der Waals surface area contributed by atoms with E-state index < -0.39 is 12.0 Å². The number of methoxy groups -OCH3 is 1. The van der Waals surface area contributed by atoms with E-state index in [0.29, 0.717) is 26.4 Å². The maximum absolute atomic E-state index is 10.9. The largest absolute Gasteiger partial charge is 0.480 e. The highest BCUT2D eigenvalue weighted by Gasteiger charge is 2.30. The zero-order valence-corrected chi connectivity index (χ0v) is 8.36. The monoisotopic (exact) mass is 203 g/mol. The lowest BCUT2D eigenvalue weighted by atomic mass is 9.99. The van der Waals surface area contributed by atoms with Crippen LogP contribution in [0.3, 0.4) is 0 Å². The summed E-state index contributed by atoms with van der Waals surface area (Å²) in [5.41, 5.74) is 0. The van der Waals surface area contributed by atoms with Crippen LogP contribution in [0.2, 0.25) is 0 Å². The third-order valence-corrected chi connectivity index (χ3v) is 2.37. The van der Waals surface area contributed by atoms with Gasteiger partial charge in [-0.05, 0) is 6.42 Å². The maximum Gasteiger partial charge on any atom is 0.321 e. The van der Waals surface area contributed by atoms with Gasteiger partial charge in [0, 0.05) is 26.2 Å². The first-order valence-electron chi connectivity index (χ1n) is 4.78. The van der Waals surface area contributed by atoms with Crippen LogP contribution in [0.4, 0.5) is 0 Å². The molecule has 0 saturated carbocycles. The summed E-state index contributed by atoms with van der Waals surface area (Å²) in [4.78, 5) is 10.9. The summed E-state index contributed by atoms with van der Waals surface area (Å²) in [6.07, 6.45) is 0.816. The van der Waals surface area contributed by atoms with Gasteiger partial charge in [0.15, 0.2) is 0 Å². The van der Waals surface area contributed by atoms with E-state index in [1.807, 2.05) is 0 Å². The van der Waals surface area contributed by atoms with Crippen molar-refractivity contribution in [2.75, 3.05) is 33.5 Å². The van der Waals surface area contributed by atoms with E-state index in [1.165, 1.54) is 0 Å². The molecule has 0 aliphatic carbocycles. The van der Waals surface area contributed by atoms with Gasteiger partial charge >= 0.3 is 5.97 Å². The van der Waals surface area contributed by atoms with Gasteiger partial charge in [0.25, 0.3) is 0 Å². The number of nitrogens with one attached hydrogen (secondary N) is 1. The second-order valence-electron chi connectivity index (χ2n) is 3.39. The van der Waals surface area contributed by atoms with Gasteiger partial charge in [-0.25, -0.2) is 0 Å². The van der Waals surface area contributed by atoms with Gasteiger partial charge in [0.05, 0.1) is 13.2 Å². The van der Waals surface area contributed by atoms with Gasteiger partial charge in [-0.3, -0.25) is 4.79 Å². The Kier molecular flexibility index (Phi) is 4.86. The van der Waals surface area contributed by atoms with E-state index in [-0.39, 0.29) is 5.92 Å². The first-order chi connectivity index (χ1) is 6.75. The molecule has 1 saturated heterocycles. The molecule has 0 aromatic rings. The number of hydrogen-bond donors (Lipinski definition) is 2. The topological polar surface area (TPSA) is 67.8 Å². The molecule has 0 aromatic heterocycles. The molecule has 1 heterocycles. The predicted molar refractivity (Wildman–Crippen MR) is 50.2 cm³/mol. The lowest BCUT2D eigenvalue weighted by Crippen LogP contribution is -2.44. The Morgan fingerprint density at radius 1 is 1.79 bits per heavy atom. The molecule has 5 heteroatoms. The molecule has 14 heavy (non-hydrogen) atoms. The fourth-order valence-electron chi connectivity index (χ4n) is 1.59. The van der Waals surface area contributed by atoms with E-state index in [0.717, 1.165) is 6.42 Å². The van der Waals surface area contributed by atoms with Gasteiger partial charge in [-0.15, -0.1) is 0 Å². The van der Waals surface area contributed by atoms with Crippen LogP contribution in [-0.4, -0.2) is 50.6 Å². The van der Waals surface area contributed by atoms with Crippen molar-refractivity contribution in [2.45, 2.75) is 12.5 Å². The summed E-state index contributed by atoms with van der Waals surface area (Å²) in [5, 5.41) is 11.9. The summed E-state index contributed by atoms with van der Waals surface area (Å²) in [6.45, 7) is 2.29. The second kappa shape index (κ2) is 5.95. The highest BCUT2D eigenvalue weighted by atomic mass is 16.5. The number of carboxylic acid groups (broad SMARTS) is 1. The third kappa shape index (κ3) is 3.25. The Labute approximate surface area is 83.4 Å². The minimum Gasteiger partial charge on any atom is -0.480 e. The fraction of sp³-hybridized carbons (Fsp3) is 0.889. The Morgan fingerprint density at radius 3 is 3.07 bits per heavy atom. The Hall–Kier alpha value is -0.650. The van der Waals surface area contributed by atoms with Crippen molar-refractivity contribution >= 4 is 5.97 Å². The first-order valence-corrected chi connectivity index (χ1v) is 4.78. The van der Waals surface area contributed by atoms with Crippen molar-refractivity contribution in [3.63, 3.8) is 0 Å². The number of ether oxygens (including phenoxy) is 2. The summed E-state index contributed by atoms with van der Waals surface area (Å²) in [5.74, 6) is -0.721. The Balaban J connectivity index is 2.34. The minimum atomic E-state index is -0.809.